The van der Waals surface area contributed by atoms with Gasteiger partial charge in [0.2, 0.25) is 0 Å². The molecule has 0 fully saturated rings. The molecule has 5 heteroatoms. The summed E-state index contributed by atoms with van der Waals surface area (Å²) < 4.78 is 4.01. The third-order valence-electron chi connectivity index (χ3n) is 7.25. The van der Waals surface area contributed by atoms with E-state index in [4.69, 9.17) is 0 Å². The minimum atomic E-state index is 0. The summed E-state index contributed by atoms with van der Waals surface area (Å²) in [6.45, 7) is 13.7. The van der Waals surface area contributed by atoms with Crippen molar-refractivity contribution in [2.45, 2.75) is 58.8 Å². The Morgan fingerprint density at radius 2 is 1.14 bits per heavy atom. The van der Waals surface area contributed by atoms with Crippen LogP contribution in [-0.2, 0) is 35.1 Å². The maximum absolute atomic E-state index is 2.99. The fraction of sp³-hybridized carbons (Fsp3) is 0.231. The van der Waals surface area contributed by atoms with Crippen molar-refractivity contribution in [3.8, 4) is 0 Å². The summed E-state index contributed by atoms with van der Waals surface area (Å²) in [5.74, 6) is 0. The Morgan fingerprint density at radius 3 is 1.45 bits per heavy atom. The second-order valence-corrected chi connectivity index (χ2v) is 16.4. The van der Waals surface area contributed by atoms with Gasteiger partial charge in [0.1, 0.15) is 0 Å². The Kier molecular flexibility index (Phi) is 15.4. The summed E-state index contributed by atoms with van der Waals surface area (Å²) in [4.78, 5) is 0. The Bertz CT molecular complexity index is 1640. The Morgan fingerprint density at radius 1 is 0.682 bits per heavy atom. The summed E-state index contributed by atoms with van der Waals surface area (Å²) in [5, 5.41) is 5.49. The molecule has 0 N–H and O–H groups in total. The van der Waals surface area contributed by atoms with Gasteiger partial charge in [0.25, 0.3) is 0 Å². The summed E-state index contributed by atoms with van der Waals surface area (Å²) in [6.07, 6.45) is 10.0. The van der Waals surface area contributed by atoms with E-state index in [0.29, 0.717) is 0 Å². The molecular weight excluding hydrogens is 884 g/mol. The Balaban J connectivity index is 0.000000260. The van der Waals surface area contributed by atoms with Gasteiger partial charge in [0, 0.05) is 0 Å². The second-order valence-electron chi connectivity index (χ2n) is 12.6. The zero-order chi connectivity index (χ0) is 30.5. The van der Waals surface area contributed by atoms with Crippen LogP contribution in [0.5, 0.6) is 0 Å². The van der Waals surface area contributed by atoms with Crippen LogP contribution in [0, 0.1) is 13.2 Å². The third kappa shape index (κ3) is 10.8. The molecule has 0 radical (unpaired) electrons. The molecule has 0 aliphatic heterocycles. The van der Waals surface area contributed by atoms with E-state index in [9.17, 15) is 0 Å². The molecule has 0 bridgehead atoms. The van der Waals surface area contributed by atoms with E-state index in [1.807, 2.05) is 12.2 Å². The average molecular weight is 925 g/mol. The van der Waals surface area contributed by atoms with E-state index < -0.39 is 0 Å². The van der Waals surface area contributed by atoms with Gasteiger partial charge in [-0.2, -0.15) is 6.08 Å². The first-order valence-corrected chi connectivity index (χ1v) is 17.7. The van der Waals surface area contributed by atoms with Crippen molar-refractivity contribution in [3.05, 3.63) is 145 Å². The second kappa shape index (κ2) is 17.3. The minimum absolute atomic E-state index is 0. The number of allylic oxidation sites excluding steroid dienone is 4. The van der Waals surface area contributed by atoms with Gasteiger partial charge in [-0.05, 0) is 10.8 Å². The number of halogens is 4. The van der Waals surface area contributed by atoms with E-state index in [0.717, 1.165) is 6.42 Å². The molecule has 5 aromatic carbocycles. The third-order valence-corrected chi connectivity index (χ3v) is 10.0. The molecule has 228 valence electrons. The molecule has 1 aliphatic rings. The topological polar surface area (TPSA) is 0 Å². The van der Waals surface area contributed by atoms with Crippen LogP contribution >= 0.6 is 70.0 Å². The average Bonchev–Trinajstić information content (AvgIpc) is 3.63. The van der Waals surface area contributed by atoms with Gasteiger partial charge in [-0.25, -0.2) is 12.2 Å². The van der Waals surface area contributed by atoms with E-state index in [1.54, 1.807) is 0 Å². The zero-order valence-corrected chi connectivity index (χ0v) is 34.6. The van der Waals surface area contributed by atoms with Crippen molar-refractivity contribution >= 4 is 94.7 Å². The van der Waals surface area contributed by atoms with Gasteiger partial charge >= 0.3 is 139 Å². The van der Waals surface area contributed by atoms with Crippen molar-refractivity contribution < 1.29 is 24.2 Å². The predicted octanol–water partition coefficient (Wildman–Crippen LogP) is 12.5. The Hall–Kier alpha value is -0.977. The molecule has 0 aromatic heterocycles. The van der Waals surface area contributed by atoms with Crippen LogP contribution in [0.2, 0.25) is 0 Å². The van der Waals surface area contributed by atoms with Crippen LogP contribution in [0.25, 0.3) is 21.5 Å². The molecule has 0 unspecified atom stereocenters. The number of hydrogen-bond donors (Lipinski definition) is 0. The summed E-state index contributed by atoms with van der Waals surface area (Å²) >= 11 is 6.18. The Labute approximate surface area is 319 Å². The van der Waals surface area contributed by atoms with Gasteiger partial charge in [0.05, 0.1) is 0 Å². The molecular formula is C39H40Cl2I2Zr. The molecule has 0 amide bonds. The molecule has 0 atom stereocenters. The van der Waals surface area contributed by atoms with Crippen molar-refractivity contribution in [3.63, 3.8) is 0 Å². The fourth-order valence-corrected chi connectivity index (χ4v) is 6.58. The van der Waals surface area contributed by atoms with Crippen LogP contribution in [-0.4, -0.2) is 3.21 Å². The summed E-state index contributed by atoms with van der Waals surface area (Å²) in [5.41, 5.74) is 5.88. The maximum atomic E-state index is 2.99. The summed E-state index contributed by atoms with van der Waals surface area (Å²) in [6, 6.07) is 33.5. The number of fused-ring (bicyclic) bond motifs is 3. The molecule has 5 aromatic rings. The van der Waals surface area contributed by atoms with Crippen LogP contribution in [0.15, 0.2) is 109 Å². The summed E-state index contributed by atoms with van der Waals surface area (Å²) in [7, 11) is 0. The SMILES string of the molecule is CC(C)(C)c1ccc2[cH-]c3ccc(C(C)(C)C)cc3c2c1.Cl.Cl.[C-]1=CC=CC1.[Zr+2]=[C](c1cccc(I)c1)c1cccc(I)c1. The van der Waals surface area contributed by atoms with Gasteiger partial charge < -0.3 is 0 Å². The molecule has 0 spiro atoms. The first-order valence-electron chi connectivity index (χ1n) is 14.3. The van der Waals surface area contributed by atoms with Gasteiger partial charge in [-0.1, -0.05) is 76.9 Å². The normalized spacial score (nSPS) is 12.0. The van der Waals surface area contributed by atoms with Crippen LogP contribution in [0.3, 0.4) is 0 Å². The fourth-order valence-electron chi connectivity index (χ4n) is 4.73. The van der Waals surface area contributed by atoms with Gasteiger partial charge in [0.15, 0.2) is 0 Å². The van der Waals surface area contributed by atoms with Crippen molar-refractivity contribution in [1.82, 2.24) is 0 Å². The number of hydrogen-bond acceptors (Lipinski definition) is 0. The van der Waals surface area contributed by atoms with Crippen LogP contribution < -0.4 is 0 Å². The monoisotopic (exact) mass is 922 g/mol. The van der Waals surface area contributed by atoms with Crippen molar-refractivity contribution in [1.29, 1.82) is 0 Å². The zero-order valence-electron chi connectivity index (χ0n) is 26.2. The molecule has 1 aliphatic carbocycles. The van der Waals surface area contributed by atoms with E-state index in [1.165, 1.54) is 78.4 Å². The molecule has 44 heavy (non-hydrogen) atoms. The first-order chi connectivity index (χ1) is 19.8. The number of benzene rings is 4. The van der Waals surface area contributed by atoms with Crippen LogP contribution in [0.4, 0.5) is 0 Å². The van der Waals surface area contributed by atoms with E-state index in [2.05, 4.69) is 190 Å². The number of rotatable bonds is 2. The molecule has 0 heterocycles. The van der Waals surface area contributed by atoms with Gasteiger partial charge in [-0.15, -0.1) is 71.0 Å². The quantitative estimate of drug-likeness (QED) is 0.122. The predicted molar refractivity (Wildman–Crippen MR) is 212 cm³/mol. The van der Waals surface area contributed by atoms with E-state index in [-0.39, 0.29) is 35.6 Å². The molecule has 0 saturated heterocycles. The first kappa shape index (κ1) is 39.2. The van der Waals surface area contributed by atoms with Crippen molar-refractivity contribution in [2.24, 2.45) is 0 Å². The van der Waals surface area contributed by atoms with Crippen LogP contribution in [0.1, 0.15) is 70.2 Å². The van der Waals surface area contributed by atoms with Crippen molar-refractivity contribution in [2.75, 3.05) is 0 Å². The van der Waals surface area contributed by atoms with E-state index >= 15 is 0 Å². The molecule has 0 saturated carbocycles. The molecule has 0 nitrogen and oxygen atoms in total. The van der Waals surface area contributed by atoms with Gasteiger partial charge in [-0.3, -0.25) is 6.08 Å². The molecule has 6 rings (SSSR count). The standard InChI is InChI=1S/C21H25.C13H8I2.C5H5.2ClH.Zr/c1-20(2,3)16-9-7-14-11-15-8-10-17(21(4,5)6)13-19(15)18(14)12-16;14-12-5-1-3-10(8-12)7-11-4-2-6-13(15)9-11;1-2-4-5-3-1;;;/h7-13H,1-6H3;1-6,8-9H;1-3H,4H2;2*1H;/q-1;;-1;;;+2.